The normalized spacial score (nSPS) is 14.4. The molecule has 7 heteroatoms. The number of hydrogen-bond donors (Lipinski definition) is 1. The summed E-state index contributed by atoms with van der Waals surface area (Å²) in [7, 11) is 0. The van der Waals surface area contributed by atoms with Crippen molar-refractivity contribution in [3.05, 3.63) is 58.6 Å². The summed E-state index contributed by atoms with van der Waals surface area (Å²) in [5.41, 5.74) is 2.89. The average molecular weight is 430 g/mol. The van der Waals surface area contributed by atoms with Crippen molar-refractivity contribution in [3.63, 3.8) is 0 Å². The van der Waals surface area contributed by atoms with Gasteiger partial charge in [0.05, 0.1) is 30.3 Å². The first-order valence-corrected chi connectivity index (χ1v) is 10.6. The summed E-state index contributed by atoms with van der Waals surface area (Å²) in [6.45, 7) is 7.27. The maximum Gasteiger partial charge on any atom is 0.238 e. The molecule has 1 fully saturated rings. The minimum Gasteiger partial charge on any atom is -0.493 e. The molecule has 6 nitrogen and oxygen atoms in total. The highest BCUT2D eigenvalue weighted by atomic mass is 35.5. The molecule has 0 radical (unpaired) electrons. The number of nitrogens with one attached hydrogen (secondary N) is 1. The van der Waals surface area contributed by atoms with Crippen LogP contribution in [0.2, 0.25) is 5.02 Å². The predicted molar refractivity (Wildman–Crippen MR) is 119 cm³/mol. The first kappa shape index (κ1) is 22.1. The smallest absolute Gasteiger partial charge is 0.238 e. The fraction of sp³-hybridized carbons (Fsp3) is 0.391. The lowest BCUT2D eigenvalue weighted by molar-refractivity contribution is -0.133. The zero-order valence-electron chi connectivity index (χ0n) is 17.5. The Kier molecular flexibility index (Phi) is 7.71. The van der Waals surface area contributed by atoms with E-state index < -0.39 is 0 Å². The van der Waals surface area contributed by atoms with Crippen LogP contribution in [0.4, 0.5) is 5.69 Å². The van der Waals surface area contributed by atoms with E-state index in [1.54, 1.807) is 12.1 Å². The van der Waals surface area contributed by atoms with Crippen molar-refractivity contribution < 1.29 is 14.3 Å². The molecule has 0 aromatic heterocycles. The van der Waals surface area contributed by atoms with E-state index in [2.05, 4.69) is 5.32 Å². The van der Waals surface area contributed by atoms with E-state index in [9.17, 15) is 9.59 Å². The molecule has 1 aliphatic heterocycles. The minimum absolute atomic E-state index is 0.0838. The number of rotatable bonds is 7. The molecule has 2 aromatic rings. The Morgan fingerprint density at radius 3 is 2.50 bits per heavy atom. The van der Waals surface area contributed by atoms with Gasteiger partial charge in [-0.1, -0.05) is 35.9 Å². The van der Waals surface area contributed by atoms with E-state index in [1.165, 1.54) is 5.56 Å². The summed E-state index contributed by atoms with van der Waals surface area (Å²) >= 11 is 6.08. The quantitative estimate of drug-likeness (QED) is 0.731. The van der Waals surface area contributed by atoms with E-state index in [-0.39, 0.29) is 18.4 Å². The topological polar surface area (TPSA) is 61.9 Å². The molecule has 0 bridgehead atoms. The van der Waals surface area contributed by atoms with Gasteiger partial charge in [-0.2, -0.15) is 0 Å². The van der Waals surface area contributed by atoms with E-state index >= 15 is 0 Å². The predicted octanol–water partition coefficient (Wildman–Crippen LogP) is 3.51. The summed E-state index contributed by atoms with van der Waals surface area (Å²) in [5, 5.41) is 3.35. The minimum atomic E-state index is -0.107. The third-order valence-electron chi connectivity index (χ3n) is 5.37. The lowest BCUT2D eigenvalue weighted by atomic mass is 10.1. The SMILES string of the molecule is Cc1cccc(OCCC(=O)N2CCN(CC(=O)Nc3ccccc3Cl)CC2)c1C. The molecular formula is C23H28ClN3O3. The fourth-order valence-corrected chi connectivity index (χ4v) is 3.58. The Morgan fingerprint density at radius 2 is 1.77 bits per heavy atom. The van der Waals surface area contributed by atoms with Gasteiger partial charge in [0.2, 0.25) is 11.8 Å². The van der Waals surface area contributed by atoms with Crippen LogP contribution in [0, 0.1) is 13.8 Å². The highest BCUT2D eigenvalue weighted by Crippen LogP contribution is 2.21. The van der Waals surface area contributed by atoms with Crippen molar-refractivity contribution in [1.82, 2.24) is 9.80 Å². The van der Waals surface area contributed by atoms with Gasteiger partial charge in [-0.3, -0.25) is 14.5 Å². The third-order valence-corrected chi connectivity index (χ3v) is 5.70. The van der Waals surface area contributed by atoms with Crippen LogP contribution in [0.1, 0.15) is 17.5 Å². The molecule has 1 aliphatic rings. The molecule has 0 aliphatic carbocycles. The third kappa shape index (κ3) is 5.97. The van der Waals surface area contributed by atoms with Crippen LogP contribution < -0.4 is 10.1 Å². The van der Waals surface area contributed by atoms with Crippen molar-refractivity contribution in [1.29, 1.82) is 0 Å². The zero-order valence-corrected chi connectivity index (χ0v) is 18.2. The molecule has 0 saturated carbocycles. The molecule has 2 aromatic carbocycles. The number of nitrogens with zero attached hydrogens (tertiary/aromatic N) is 2. The Balaban J connectivity index is 1.38. The number of benzene rings is 2. The molecule has 1 heterocycles. The van der Waals surface area contributed by atoms with E-state index in [4.69, 9.17) is 16.3 Å². The van der Waals surface area contributed by atoms with Crippen molar-refractivity contribution >= 4 is 29.1 Å². The first-order valence-electron chi connectivity index (χ1n) is 10.2. The number of halogens is 1. The number of piperazine rings is 1. The van der Waals surface area contributed by atoms with Gasteiger partial charge in [-0.15, -0.1) is 0 Å². The molecule has 0 atom stereocenters. The molecule has 3 rings (SSSR count). The Hall–Kier alpha value is -2.57. The van der Waals surface area contributed by atoms with Gasteiger partial charge in [0.25, 0.3) is 0 Å². The Morgan fingerprint density at radius 1 is 1.03 bits per heavy atom. The molecule has 1 N–H and O–H groups in total. The maximum absolute atomic E-state index is 12.5. The second-order valence-corrected chi connectivity index (χ2v) is 7.89. The summed E-state index contributed by atoms with van der Waals surface area (Å²) in [6.07, 6.45) is 0.348. The van der Waals surface area contributed by atoms with Gasteiger partial charge in [0.15, 0.2) is 0 Å². The van der Waals surface area contributed by atoms with Crippen LogP contribution in [0.5, 0.6) is 5.75 Å². The Bertz CT molecular complexity index is 895. The summed E-state index contributed by atoms with van der Waals surface area (Å²) < 4.78 is 5.80. The fourth-order valence-electron chi connectivity index (χ4n) is 3.40. The van der Waals surface area contributed by atoms with Gasteiger partial charge in [0.1, 0.15) is 5.75 Å². The van der Waals surface area contributed by atoms with Crippen molar-refractivity contribution in [2.75, 3.05) is 44.6 Å². The summed E-state index contributed by atoms with van der Waals surface area (Å²) in [6, 6.07) is 13.1. The molecule has 30 heavy (non-hydrogen) atoms. The first-order chi connectivity index (χ1) is 14.4. The van der Waals surface area contributed by atoms with E-state index in [1.807, 2.05) is 54.0 Å². The average Bonchev–Trinajstić information content (AvgIpc) is 2.73. The molecule has 1 saturated heterocycles. The van der Waals surface area contributed by atoms with E-state index in [0.717, 1.165) is 11.3 Å². The van der Waals surface area contributed by atoms with Crippen LogP contribution in [-0.4, -0.2) is 60.9 Å². The summed E-state index contributed by atoms with van der Waals surface area (Å²) in [5.74, 6) is 0.808. The van der Waals surface area contributed by atoms with Gasteiger partial charge in [-0.05, 0) is 43.2 Å². The molecule has 160 valence electrons. The van der Waals surface area contributed by atoms with Crippen LogP contribution in [-0.2, 0) is 9.59 Å². The van der Waals surface area contributed by atoms with Crippen LogP contribution in [0.3, 0.4) is 0 Å². The van der Waals surface area contributed by atoms with Crippen LogP contribution in [0.15, 0.2) is 42.5 Å². The van der Waals surface area contributed by atoms with Gasteiger partial charge in [0, 0.05) is 26.2 Å². The second-order valence-electron chi connectivity index (χ2n) is 7.48. The van der Waals surface area contributed by atoms with Crippen LogP contribution in [0.25, 0.3) is 0 Å². The highest BCUT2D eigenvalue weighted by Gasteiger charge is 2.22. The monoisotopic (exact) mass is 429 g/mol. The maximum atomic E-state index is 12.5. The summed E-state index contributed by atoms with van der Waals surface area (Å²) in [4.78, 5) is 28.6. The number of anilines is 1. The number of para-hydroxylation sites is 1. The number of carbonyl (C=O) groups is 2. The Labute approximate surface area is 182 Å². The highest BCUT2D eigenvalue weighted by molar-refractivity contribution is 6.33. The number of aryl methyl sites for hydroxylation is 1. The van der Waals surface area contributed by atoms with Gasteiger partial charge in [-0.25, -0.2) is 0 Å². The zero-order chi connectivity index (χ0) is 21.5. The lowest BCUT2D eigenvalue weighted by Gasteiger charge is -2.34. The number of ether oxygens (including phenoxy) is 1. The second kappa shape index (κ2) is 10.5. The van der Waals surface area contributed by atoms with E-state index in [0.29, 0.717) is 49.9 Å². The van der Waals surface area contributed by atoms with Gasteiger partial charge >= 0.3 is 0 Å². The lowest BCUT2D eigenvalue weighted by Crippen LogP contribution is -2.50. The molecule has 0 unspecified atom stereocenters. The van der Waals surface area contributed by atoms with Crippen LogP contribution >= 0.6 is 11.6 Å². The van der Waals surface area contributed by atoms with Crippen molar-refractivity contribution in [2.45, 2.75) is 20.3 Å². The molecule has 0 spiro atoms. The van der Waals surface area contributed by atoms with Crippen molar-refractivity contribution in [2.24, 2.45) is 0 Å². The number of carbonyl (C=O) groups excluding carboxylic acids is 2. The molecule has 2 amide bonds. The largest absolute Gasteiger partial charge is 0.493 e. The van der Waals surface area contributed by atoms with Crippen molar-refractivity contribution in [3.8, 4) is 5.75 Å². The molecular weight excluding hydrogens is 402 g/mol. The number of hydrogen-bond acceptors (Lipinski definition) is 4. The standard InChI is InChI=1S/C23H28ClN3O3/c1-17-6-5-9-21(18(17)2)30-15-10-23(29)27-13-11-26(12-14-27)16-22(28)25-20-8-4-3-7-19(20)24/h3-9H,10-16H2,1-2H3,(H,25,28). The van der Waals surface area contributed by atoms with Gasteiger partial charge < -0.3 is 15.0 Å². The number of amides is 2.